The summed E-state index contributed by atoms with van der Waals surface area (Å²) in [6, 6.07) is 4.58. The molecule has 3 N–H and O–H groups in total. The second kappa shape index (κ2) is 4.55. The molecule has 0 aliphatic heterocycles. The van der Waals surface area contributed by atoms with Crippen molar-refractivity contribution in [2.45, 2.75) is 12.7 Å². The predicted octanol–water partition coefficient (Wildman–Crippen LogP) is 2.28. The fraction of sp³-hybridized carbons (Fsp3) is 0.200. The van der Waals surface area contributed by atoms with Gasteiger partial charge >= 0.3 is 6.18 Å². The zero-order chi connectivity index (χ0) is 13.2. The van der Waals surface area contributed by atoms with Crippen molar-refractivity contribution >= 4 is 11.6 Å². The highest BCUT2D eigenvalue weighted by atomic mass is 19.4. The minimum absolute atomic E-state index is 0.00812. The number of nitrogen functional groups attached to an aromatic ring is 1. The van der Waals surface area contributed by atoms with Gasteiger partial charge in [-0.3, -0.25) is 0 Å². The van der Waals surface area contributed by atoms with Crippen molar-refractivity contribution in [3.05, 3.63) is 36.0 Å². The van der Waals surface area contributed by atoms with E-state index in [9.17, 15) is 13.2 Å². The molecule has 0 radical (unpaired) electrons. The molecule has 0 aromatic carbocycles. The van der Waals surface area contributed by atoms with Crippen molar-refractivity contribution in [3.8, 4) is 0 Å². The Balaban J connectivity index is 2.15. The van der Waals surface area contributed by atoms with E-state index < -0.39 is 12.0 Å². The van der Waals surface area contributed by atoms with Gasteiger partial charge in [0.2, 0.25) is 5.82 Å². The number of aromatic nitrogens is 2. The van der Waals surface area contributed by atoms with Crippen molar-refractivity contribution in [1.29, 1.82) is 0 Å². The summed E-state index contributed by atoms with van der Waals surface area (Å²) >= 11 is 0. The van der Waals surface area contributed by atoms with E-state index in [4.69, 9.17) is 10.2 Å². The summed E-state index contributed by atoms with van der Waals surface area (Å²) in [6.07, 6.45) is -3.16. The number of furan rings is 1. The highest BCUT2D eigenvalue weighted by Gasteiger charge is 2.35. The van der Waals surface area contributed by atoms with Gasteiger partial charge in [0, 0.05) is 6.07 Å². The maximum Gasteiger partial charge on any atom is 0.451 e. The molecule has 0 saturated heterocycles. The number of rotatable bonds is 3. The van der Waals surface area contributed by atoms with Gasteiger partial charge in [0.1, 0.15) is 17.4 Å². The van der Waals surface area contributed by atoms with Crippen LogP contribution in [0.3, 0.4) is 0 Å². The summed E-state index contributed by atoms with van der Waals surface area (Å²) < 4.78 is 42.3. The molecule has 0 spiro atoms. The van der Waals surface area contributed by atoms with Crippen LogP contribution in [0.1, 0.15) is 11.6 Å². The lowest BCUT2D eigenvalue weighted by atomic mass is 10.4. The molecule has 5 nitrogen and oxygen atoms in total. The highest BCUT2D eigenvalue weighted by Crippen LogP contribution is 2.27. The average molecular weight is 258 g/mol. The topological polar surface area (TPSA) is 77.0 Å². The third kappa shape index (κ3) is 2.90. The molecule has 0 fully saturated rings. The van der Waals surface area contributed by atoms with E-state index in [2.05, 4.69) is 15.3 Å². The Bertz CT molecular complexity index is 524. The van der Waals surface area contributed by atoms with Crippen molar-refractivity contribution < 1.29 is 17.6 Å². The standard InChI is InChI=1S/C10H9F3N4O/c11-10(12,13)9-16-7(14)4-8(17-9)15-5-6-2-1-3-18-6/h1-4H,5H2,(H3,14,15,16,17). The van der Waals surface area contributed by atoms with Gasteiger partial charge in [0.05, 0.1) is 12.8 Å². The summed E-state index contributed by atoms with van der Waals surface area (Å²) in [7, 11) is 0. The van der Waals surface area contributed by atoms with Crippen molar-refractivity contribution in [3.63, 3.8) is 0 Å². The Morgan fingerprint density at radius 2 is 2.11 bits per heavy atom. The van der Waals surface area contributed by atoms with Crippen LogP contribution in [0.5, 0.6) is 0 Å². The first-order valence-corrected chi connectivity index (χ1v) is 4.93. The van der Waals surface area contributed by atoms with E-state index >= 15 is 0 Å². The Morgan fingerprint density at radius 1 is 1.33 bits per heavy atom. The summed E-state index contributed by atoms with van der Waals surface area (Å²) in [4.78, 5) is 6.46. The fourth-order valence-corrected chi connectivity index (χ4v) is 1.27. The molecule has 0 amide bonds. The van der Waals surface area contributed by atoms with E-state index in [1.165, 1.54) is 12.3 Å². The summed E-state index contributed by atoms with van der Waals surface area (Å²) in [6.45, 7) is 0.209. The Morgan fingerprint density at radius 3 is 2.72 bits per heavy atom. The lowest BCUT2D eigenvalue weighted by Gasteiger charge is -2.09. The molecule has 0 atom stereocenters. The fourth-order valence-electron chi connectivity index (χ4n) is 1.27. The minimum atomic E-state index is -4.63. The Kier molecular flexibility index (Phi) is 3.09. The van der Waals surface area contributed by atoms with Crippen molar-refractivity contribution in [2.75, 3.05) is 11.1 Å². The minimum Gasteiger partial charge on any atom is -0.467 e. The first-order valence-electron chi connectivity index (χ1n) is 4.93. The van der Waals surface area contributed by atoms with Crippen LogP contribution < -0.4 is 11.1 Å². The highest BCUT2D eigenvalue weighted by molar-refractivity contribution is 5.45. The van der Waals surface area contributed by atoms with Gasteiger partial charge in [-0.2, -0.15) is 13.2 Å². The van der Waals surface area contributed by atoms with Gasteiger partial charge < -0.3 is 15.5 Å². The molecule has 0 unspecified atom stereocenters. The van der Waals surface area contributed by atoms with Gasteiger partial charge in [-0.25, -0.2) is 9.97 Å². The summed E-state index contributed by atoms with van der Waals surface area (Å²) in [5, 5.41) is 2.68. The number of anilines is 2. The van der Waals surface area contributed by atoms with Gasteiger partial charge in [-0.05, 0) is 12.1 Å². The van der Waals surface area contributed by atoms with E-state index in [1.54, 1.807) is 12.1 Å². The van der Waals surface area contributed by atoms with E-state index in [0.29, 0.717) is 5.76 Å². The maximum atomic E-state index is 12.4. The molecule has 2 aromatic rings. The molecule has 96 valence electrons. The third-order valence-corrected chi connectivity index (χ3v) is 2.02. The molecular formula is C10H9F3N4O. The number of nitrogens with one attached hydrogen (secondary N) is 1. The quantitative estimate of drug-likeness (QED) is 0.883. The van der Waals surface area contributed by atoms with Crippen LogP contribution in [0.2, 0.25) is 0 Å². The monoisotopic (exact) mass is 258 g/mol. The van der Waals surface area contributed by atoms with Crippen LogP contribution >= 0.6 is 0 Å². The molecule has 8 heteroatoms. The summed E-state index contributed by atoms with van der Waals surface area (Å²) in [5.41, 5.74) is 5.29. The largest absolute Gasteiger partial charge is 0.467 e. The molecule has 0 saturated carbocycles. The number of nitrogens with two attached hydrogens (primary N) is 1. The first kappa shape index (κ1) is 12.2. The zero-order valence-electron chi connectivity index (χ0n) is 9.03. The van der Waals surface area contributed by atoms with E-state index in [1.807, 2.05) is 0 Å². The van der Waals surface area contributed by atoms with Crippen LogP contribution in [-0.4, -0.2) is 9.97 Å². The van der Waals surface area contributed by atoms with E-state index in [0.717, 1.165) is 0 Å². The number of hydrogen-bond acceptors (Lipinski definition) is 5. The second-order valence-electron chi connectivity index (χ2n) is 3.43. The SMILES string of the molecule is Nc1cc(NCc2ccco2)nc(C(F)(F)F)n1. The molecule has 0 aliphatic carbocycles. The van der Waals surface area contributed by atoms with Gasteiger partial charge in [-0.15, -0.1) is 0 Å². The van der Waals surface area contributed by atoms with Crippen LogP contribution in [-0.2, 0) is 12.7 Å². The predicted molar refractivity (Wildman–Crippen MR) is 57.5 cm³/mol. The molecule has 2 rings (SSSR count). The Labute approximate surface area is 99.8 Å². The lowest BCUT2D eigenvalue weighted by Crippen LogP contribution is -2.14. The van der Waals surface area contributed by atoms with Crippen molar-refractivity contribution in [1.82, 2.24) is 9.97 Å². The van der Waals surface area contributed by atoms with Crippen LogP contribution in [0.15, 0.2) is 28.9 Å². The lowest BCUT2D eigenvalue weighted by molar-refractivity contribution is -0.144. The van der Waals surface area contributed by atoms with Crippen LogP contribution in [0, 0.1) is 0 Å². The molecule has 2 heterocycles. The van der Waals surface area contributed by atoms with Gasteiger partial charge in [0.25, 0.3) is 0 Å². The third-order valence-electron chi connectivity index (χ3n) is 2.02. The van der Waals surface area contributed by atoms with Gasteiger partial charge in [0.15, 0.2) is 0 Å². The van der Waals surface area contributed by atoms with Gasteiger partial charge in [-0.1, -0.05) is 0 Å². The van der Waals surface area contributed by atoms with Crippen LogP contribution in [0.4, 0.5) is 24.8 Å². The maximum absolute atomic E-state index is 12.4. The Hall–Kier alpha value is -2.25. The first-order chi connectivity index (χ1) is 8.45. The molecule has 0 aliphatic rings. The molecule has 0 bridgehead atoms. The normalized spacial score (nSPS) is 11.5. The average Bonchev–Trinajstić information content (AvgIpc) is 2.77. The summed E-state index contributed by atoms with van der Waals surface area (Å²) in [5.74, 6) is -0.962. The number of hydrogen-bond donors (Lipinski definition) is 2. The zero-order valence-corrected chi connectivity index (χ0v) is 9.03. The number of halogens is 3. The number of alkyl halides is 3. The van der Waals surface area contributed by atoms with Crippen LogP contribution in [0.25, 0.3) is 0 Å². The molecule has 2 aromatic heterocycles. The van der Waals surface area contributed by atoms with Crippen molar-refractivity contribution in [2.24, 2.45) is 0 Å². The molecule has 18 heavy (non-hydrogen) atoms. The molecular weight excluding hydrogens is 249 g/mol. The second-order valence-corrected chi connectivity index (χ2v) is 3.43. The number of nitrogens with zero attached hydrogens (tertiary/aromatic N) is 2. The smallest absolute Gasteiger partial charge is 0.451 e. The van der Waals surface area contributed by atoms with E-state index in [-0.39, 0.29) is 18.2 Å².